The molecule has 3 aromatic rings. The molecule has 1 aromatic heterocycles. The molecular weight excluding hydrogens is 514 g/mol. The van der Waals surface area contributed by atoms with E-state index in [2.05, 4.69) is 26.7 Å². The fourth-order valence-corrected chi connectivity index (χ4v) is 5.36. The summed E-state index contributed by atoms with van der Waals surface area (Å²) in [5.74, 6) is 1.65. The van der Waals surface area contributed by atoms with Crippen molar-refractivity contribution < 1.29 is 17.9 Å². The van der Waals surface area contributed by atoms with Gasteiger partial charge in [0.1, 0.15) is 10.8 Å². The van der Waals surface area contributed by atoms with Gasteiger partial charge in [-0.2, -0.15) is 4.98 Å². The number of nitrogens with zero attached hydrogens (tertiary/aromatic N) is 3. The molecule has 196 valence electrons. The molecule has 11 heteroatoms. The smallest absolute Gasteiger partial charge is 0.229 e. The quantitative estimate of drug-likeness (QED) is 0.412. The minimum Gasteiger partial charge on any atom is -0.495 e. The molecule has 0 radical (unpaired) electrons. The Morgan fingerprint density at radius 1 is 1.14 bits per heavy atom. The summed E-state index contributed by atoms with van der Waals surface area (Å²) in [4.78, 5) is 22.3. The Labute approximate surface area is 222 Å². The maximum Gasteiger partial charge on any atom is 0.229 e. The number of likely N-dealkylation sites (tertiary alicyclic amines) is 1. The number of sulfone groups is 1. The molecule has 0 saturated carbocycles. The molecule has 4 rings (SSSR count). The Morgan fingerprint density at radius 3 is 2.54 bits per heavy atom. The number of hydrogen-bond donors (Lipinski definition) is 2. The van der Waals surface area contributed by atoms with Crippen molar-refractivity contribution >= 4 is 50.5 Å². The van der Waals surface area contributed by atoms with Crippen molar-refractivity contribution in [3.05, 3.63) is 64.8 Å². The zero-order valence-electron chi connectivity index (χ0n) is 21.0. The van der Waals surface area contributed by atoms with Gasteiger partial charge in [0.05, 0.1) is 24.7 Å². The Balaban J connectivity index is 1.52. The first-order valence-corrected chi connectivity index (χ1v) is 14.3. The monoisotopic (exact) mass is 543 g/mol. The highest BCUT2D eigenvalue weighted by Crippen LogP contribution is 2.35. The normalized spacial score (nSPS) is 14.3. The van der Waals surface area contributed by atoms with Crippen molar-refractivity contribution in [2.24, 2.45) is 0 Å². The number of methoxy groups -OCH3 is 1. The van der Waals surface area contributed by atoms with Crippen molar-refractivity contribution in [1.29, 1.82) is 0 Å². The number of hydrogen-bond acceptors (Lipinski definition) is 8. The van der Waals surface area contributed by atoms with E-state index in [0.717, 1.165) is 31.5 Å². The van der Waals surface area contributed by atoms with Gasteiger partial charge in [-0.3, -0.25) is 4.79 Å². The summed E-state index contributed by atoms with van der Waals surface area (Å²) >= 11 is 6.35. The molecule has 0 aliphatic carbocycles. The largest absolute Gasteiger partial charge is 0.495 e. The van der Waals surface area contributed by atoms with E-state index >= 15 is 0 Å². The van der Waals surface area contributed by atoms with Gasteiger partial charge in [0.2, 0.25) is 11.9 Å². The molecule has 2 N–H and O–H groups in total. The fraction of sp³-hybridized carbons (Fsp3) is 0.346. The van der Waals surface area contributed by atoms with E-state index in [9.17, 15) is 13.2 Å². The molecule has 1 saturated heterocycles. The maximum atomic E-state index is 11.8. The molecule has 37 heavy (non-hydrogen) atoms. The number of anilines is 4. The molecule has 9 nitrogen and oxygen atoms in total. The molecular formula is C26H30ClN5O4S. The van der Waals surface area contributed by atoms with Crippen LogP contribution in [0.15, 0.2) is 48.7 Å². The number of aromatic nitrogens is 2. The van der Waals surface area contributed by atoms with E-state index in [1.165, 1.54) is 12.5 Å². The van der Waals surface area contributed by atoms with Gasteiger partial charge in [-0.15, -0.1) is 0 Å². The average molecular weight is 544 g/mol. The second kappa shape index (κ2) is 11.4. The van der Waals surface area contributed by atoms with Gasteiger partial charge in [0.15, 0.2) is 15.7 Å². The number of piperidine rings is 1. The van der Waals surface area contributed by atoms with Crippen LogP contribution in [0.2, 0.25) is 5.02 Å². The van der Waals surface area contributed by atoms with Crippen LogP contribution in [-0.2, 0) is 20.4 Å². The zero-order chi connectivity index (χ0) is 26.6. The third-order valence-corrected chi connectivity index (χ3v) is 7.43. The summed E-state index contributed by atoms with van der Waals surface area (Å²) in [6.07, 6.45) is 4.48. The summed E-state index contributed by atoms with van der Waals surface area (Å²) in [5.41, 5.74) is 3.06. The number of ether oxygens (including phenoxy) is 1. The SMILES string of the molecule is COc1cc(C2CCN(C(C)=O)CC2)ccc1Nc1ncc(Cl)c(Nc2ccccc2CS(C)(=O)=O)n1. The third-order valence-electron chi connectivity index (χ3n) is 6.32. The molecule has 2 heterocycles. The molecule has 0 unspecified atom stereocenters. The molecule has 2 aromatic carbocycles. The van der Waals surface area contributed by atoms with Crippen LogP contribution >= 0.6 is 11.6 Å². The van der Waals surface area contributed by atoms with Crippen molar-refractivity contribution in [2.45, 2.75) is 31.4 Å². The Kier molecular flexibility index (Phi) is 8.19. The lowest BCUT2D eigenvalue weighted by molar-refractivity contribution is -0.129. The first-order chi connectivity index (χ1) is 17.6. The van der Waals surface area contributed by atoms with E-state index in [1.54, 1.807) is 38.3 Å². The summed E-state index contributed by atoms with van der Waals surface area (Å²) in [6, 6.07) is 13.1. The molecule has 0 atom stereocenters. The number of halogens is 1. The molecule has 1 fully saturated rings. The van der Waals surface area contributed by atoms with Crippen molar-refractivity contribution in [2.75, 3.05) is 37.1 Å². The summed E-state index contributed by atoms with van der Waals surface area (Å²) < 4.78 is 29.3. The fourth-order valence-electron chi connectivity index (χ4n) is 4.41. The highest BCUT2D eigenvalue weighted by Gasteiger charge is 2.23. The van der Waals surface area contributed by atoms with E-state index in [0.29, 0.717) is 45.4 Å². The van der Waals surface area contributed by atoms with E-state index in [1.807, 2.05) is 17.0 Å². The molecule has 1 amide bonds. The van der Waals surface area contributed by atoms with Crippen LogP contribution in [0.4, 0.5) is 23.1 Å². The lowest BCUT2D eigenvalue weighted by Crippen LogP contribution is -2.36. The standard InChI is InChI=1S/C26H30ClN5O4S/c1-17(33)32-12-10-18(11-13-32)19-8-9-23(24(14-19)36-2)30-26-28-15-21(27)25(31-26)29-22-7-5-4-6-20(22)16-37(3,34)35/h4-9,14-15,18H,10-13,16H2,1-3H3,(H2,28,29,30,31). The number of amides is 1. The summed E-state index contributed by atoms with van der Waals surface area (Å²) in [5, 5.41) is 6.61. The van der Waals surface area contributed by atoms with Gasteiger partial charge < -0.3 is 20.3 Å². The minimum absolute atomic E-state index is 0.110. The third kappa shape index (κ3) is 6.90. The van der Waals surface area contributed by atoms with Crippen LogP contribution < -0.4 is 15.4 Å². The van der Waals surface area contributed by atoms with Crippen LogP contribution in [0.5, 0.6) is 5.75 Å². The second-order valence-corrected chi connectivity index (χ2v) is 11.7. The topological polar surface area (TPSA) is 114 Å². The van der Waals surface area contributed by atoms with Gasteiger partial charge in [0.25, 0.3) is 0 Å². The number of benzene rings is 2. The van der Waals surface area contributed by atoms with Crippen LogP contribution in [0, 0.1) is 0 Å². The first-order valence-electron chi connectivity index (χ1n) is 11.9. The van der Waals surface area contributed by atoms with E-state index < -0.39 is 9.84 Å². The minimum atomic E-state index is -3.23. The average Bonchev–Trinajstić information content (AvgIpc) is 2.86. The second-order valence-electron chi connectivity index (χ2n) is 9.11. The van der Waals surface area contributed by atoms with Gasteiger partial charge in [-0.05, 0) is 48.1 Å². The van der Waals surface area contributed by atoms with Crippen molar-refractivity contribution in [3.8, 4) is 5.75 Å². The lowest BCUT2D eigenvalue weighted by atomic mass is 9.89. The van der Waals surface area contributed by atoms with E-state index in [4.69, 9.17) is 16.3 Å². The van der Waals surface area contributed by atoms with Gasteiger partial charge in [-0.1, -0.05) is 35.9 Å². The summed E-state index contributed by atoms with van der Waals surface area (Å²) in [6.45, 7) is 3.12. The number of rotatable bonds is 8. The lowest BCUT2D eigenvalue weighted by Gasteiger charge is -2.31. The molecule has 0 bridgehead atoms. The molecule has 0 spiro atoms. The van der Waals surface area contributed by atoms with E-state index in [-0.39, 0.29) is 11.7 Å². The van der Waals surface area contributed by atoms with Crippen LogP contribution in [-0.4, -0.2) is 55.6 Å². The number of carbonyl (C=O) groups is 1. The number of nitrogens with one attached hydrogen (secondary N) is 2. The number of carbonyl (C=O) groups excluding carboxylic acids is 1. The predicted molar refractivity (Wildman–Crippen MR) is 146 cm³/mol. The van der Waals surface area contributed by atoms with Crippen LogP contribution in [0.25, 0.3) is 0 Å². The van der Waals surface area contributed by atoms with Crippen molar-refractivity contribution in [1.82, 2.24) is 14.9 Å². The van der Waals surface area contributed by atoms with Crippen LogP contribution in [0.1, 0.15) is 36.8 Å². The van der Waals surface area contributed by atoms with Crippen molar-refractivity contribution in [3.63, 3.8) is 0 Å². The molecule has 1 aliphatic rings. The highest BCUT2D eigenvalue weighted by molar-refractivity contribution is 7.89. The first kappa shape index (κ1) is 26.7. The number of para-hydroxylation sites is 1. The van der Waals surface area contributed by atoms with Gasteiger partial charge in [0, 0.05) is 32.0 Å². The Hall–Kier alpha value is -3.37. The molecule has 1 aliphatic heterocycles. The van der Waals surface area contributed by atoms with Gasteiger partial charge >= 0.3 is 0 Å². The zero-order valence-corrected chi connectivity index (χ0v) is 22.6. The Bertz CT molecular complexity index is 1390. The Morgan fingerprint density at radius 2 is 1.86 bits per heavy atom. The van der Waals surface area contributed by atoms with Gasteiger partial charge in [-0.25, -0.2) is 13.4 Å². The predicted octanol–water partition coefficient (Wildman–Crippen LogP) is 4.90. The van der Waals surface area contributed by atoms with Crippen LogP contribution in [0.3, 0.4) is 0 Å². The maximum absolute atomic E-state index is 11.8. The highest BCUT2D eigenvalue weighted by atomic mass is 35.5. The summed E-state index contributed by atoms with van der Waals surface area (Å²) in [7, 11) is -1.62.